The Morgan fingerprint density at radius 2 is 1.71 bits per heavy atom. The van der Waals surface area contributed by atoms with Gasteiger partial charge in [0.2, 0.25) is 5.91 Å². The number of nitrogens with one attached hydrogen (secondary N) is 1. The third-order valence-electron chi connectivity index (χ3n) is 2.58. The Bertz CT molecular complexity index is 382. The summed E-state index contributed by atoms with van der Waals surface area (Å²) in [5.74, 6) is -0.294. The second-order valence-electron chi connectivity index (χ2n) is 4.15. The van der Waals surface area contributed by atoms with Crippen LogP contribution >= 0.6 is 0 Å². The molecular formula is C14H19NO2. The molecule has 0 atom stereocenters. The van der Waals surface area contributed by atoms with E-state index in [4.69, 9.17) is 0 Å². The Hall–Kier alpha value is -1.64. The highest BCUT2D eigenvalue weighted by Gasteiger charge is 2.03. The summed E-state index contributed by atoms with van der Waals surface area (Å²) in [4.78, 5) is 21.9. The summed E-state index contributed by atoms with van der Waals surface area (Å²) in [6.07, 6.45) is 1.82. The maximum atomic E-state index is 11.2. The van der Waals surface area contributed by atoms with E-state index in [1.165, 1.54) is 18.1 Å². The van der Waals surface area contributed by atoms with Crippen LogP contribution in [-0.2, 0) is 22.4 Å². The highest BCUT2D eigenvalue weighted by Crippen LogP contribution is 2.05. The molecule has 0 aromatic heterocycles. The van der Waals surface area contributed by atoms with Gasteiger partial charge in [-0.05, 0) is 30.9 Å². The van der Waals surface area contributed by atoms with Crippen molar-refractivity contribution in [2.24, 2.45) is 0 Å². The molecule has 0 unspecified atom stereocenters. The molecule has 1 aromatic carbocycles. The number of amides is 1. The lowest BCUT2D eigenvalue weighted by molar-refractivity contribution is -0.127. The molecular weight excluding hydrogens is 214 g/mol. The number of hydrogen-bond donors (Lipinski definition) is 1. The molecule has 92 valence electrons. The maximum absolute atomic E-state index is 11.2. The smallest absolute Gasteiger partial charge is 0.227 e. The van der Waals surface area contributed by atoms with Crippen LogP contribution in [-0.4, -0.2) is 18.2 Å². The van der Waals surface area contributed by atoms with E-state index < -0.39 is 0 Å². The highest BCUT2D eigenvalue weighted by atomic mass is 16.2. The summed E-state index contributed by atoms with van der Waals surface area (Å²) in [5.41, 5.74) is 2.51. The van der Waals surface area contributed by atoms with E-state index in [1.807, 2.05) is 0 Å². The van der Waals surface area contributed by atoms with Crippen LogP contribution in [0.2, 0.25) is 0 Å². The van der Waals surface area contributed by atoms with Crippen molar-refractivity contribution in [3.05, 3.63) is 35.4 Å². The third-order valence-corrected chi connectivity index (χ3v) is 2.58. The summed E-state index contributed by atoms with van der Waals surface area (Å²) in [6.45, 7) is 4.12. The van der Waals surface area contributed by atoms with Crippen molar-refractivity contribution in [3.8, 4) is 0 Å². The molecule has 0 aliphatic rings. The van der Waals surface area contributed by atoms with E-state index in [0.717, 1.165) is 12.8 Å². The first-order chi connectivity index (χ1) is 8.11. The SMILES string of the molecule is CCc1ccc(CCNC(=O)CC(C)=O)cc1. The first-order valence-electron chi connectivity index (χ1n) is 5.95. The molecule has 0 radical (unpaired) electrons. The van der Waals surface area contributed by atoms with Crippen molar-refractivity contribution in [2.75, 3.05) is 6.54 Å². The number of ketones is 1. The zero-order valence-corrected chi connectivity index (χ0v) is 10.5. The lowest BCUT2D eigenvalue weighted by Crippen LogP contribution is -2.27. The van der Waals surface area contributed by atoms with E-state index >= 15 is 0 Å². The maximum Gasteiger partial charge on any atom is 0.227 e. The predicted octanol–water partition coefficient (Wildman–Crippen LogP) is 1.89. The van der Waals surface area contributed by atoms with Gasteiger partial charge in [-0.25, -0.2) is 0 Å². The molecule has 0 fully saturated rings. The second-order valence-corrected chi connectivity index (χ2v) is 4.15. The second kappa shape index (κ2) is 6.84. The fourth-order valence-corrected chi connectivity index (χ4v) is 1.58. The van der Waals surface area contributed by atoms with Gasteiger partial charge in [-0.3, -0.25) is 9.59 Å². The quantitative estimate of drug-likeness (QED) is 0.763. The Morgan fingerprint density at radius 3 is 2.24 bits per heavy atom. The van der Waals surface area contributed by atoms with Crippen molar-refractivity contribution in [3.63, 3.8) is 0 Å². The van der Waals surface area contributed by atoms with Crippen molar-refractivity contribution < 1.29 is 9.59 Å². The minimum absolute atomic E-state index is 0.0191. The molecule has 0 saturated heterocycles. The van der Waals surface area contributed by atoms with E-state index in [-0.39, 0.29) is 18.1 Å². The van der Waals surface area contributed by atoms with Gasteiger partial charge >= 0.3 is 0 Å². The number of benzene rings is 1. The predicted molar refractivity (Wildman–Crippen MR) is 67.8 cm³/mol. The van der Waals surface area contributed by atoms with Crippen molar-refractivity contribution >= 4 is 11.7 Å². The molecule has 1 aromatic rings. The zero-order valence-electron chi connectivity index (χ0n) is 10.5. The Labute approximate surface area is 102 Å². The Balaban J connectivity index is 2.30. The average molecular weight is 233 g/mol. The summed E-state index contributed by atoms with van der Waals surface area (Å²) < 4.78 is 0. The van der Waals surface area contributed by atoms with Crippen LogP contribution in [0.3, 0.4) is 0 Å². The van der Waals surface area contributed by atoms with Gasteiger partial charge in [0, 0.05) is 6.54 Å². The number of carbonyl (C=O) groups is 2. The van der Waals surface area contributed by atoms with Crippen LogP contribution in [0.4, 0.5) is 0 Å². The van der Waals surface area contributed by atoms with Gasteiger partial charge < -0.3 is 5.32 Å². The van der Waals surface area contributed by atoms with Gasteiger partial charge in [-0.1, -0.05) is 31.2 Å². The van der Waals surface area contributed by atoms with Gasteiger partial charge in [-0.15, -0.1) is 0 Å². The molecule has 0 bridgehead atoms. The minimum atomic E-state index is -0.192. The monoisotopic (exact) mass is 233 g/mol. The van der Waals surface area contributed by atoms with Crippen LogP contribution in [0.15, 0.2) is 24.3 Å². The largest absolute Gasteiger partial charge is 0.355 e. The van der Waals surface area contributed by atoms with Gasteiger partial charge in [0.25, 0.3) is 0 Å². The van der Waals surface area contributed by atoms with Gasteiger partial charge in [-0.2, -0.15) is 0 Å². The van der Waals surface area contributed by atoms with E-state index in [1.54, 1.807) is 0 Å². The normalized spacial score (nSPS) is 10.0. The topological polar surface area (TPSA) is 46.2 Å². The van der Waals surface area contributed by atoms with Gasteiger partial charge in [0.1, 0.15) is 5.78 Å². The van der Waals surface area contributed by atoms with Crippen LogP contribution in [0.25, 0.3) is 0 Å². The number of rotatable bonds is 6. The summed E-state index contributed by atoms with van der Waals surface area (Å²) in [5, 5.41) is 2.73. The van der Waals surface area contributed by atoms with Crippen LogP contribution in [0.5, 0.6) is 0 Å². The van der Waals surface area contributed by atoms with Crippen LogP contribution < -0.4 is 5.32 Å². The molecule has 0 aliphatic heterocycles. The van der Waals surface area contributed by atoms with E-state index in [9.17, 15) is 9.59 Å². The molecule has 3 nitrogen and oxygen atoms in total. The molecule has 0 aliphatic carbocycles. The van der Waals surface area contributed by atoms with Crippen LogP contribution in [0.1, 0.15) is 31.4 Å². The van der Waals surface area contributed by atoms with Crippen molar-refractivity contribution in [1.29, 1.82) is 0 Å². The van der Waals surface area contributed by atoms with Gasteiger partial charge in [0.05, 0.1) is 6.42 Å². The fourth-order valence-electron chi connectivity index (χ4n) is 1.58. The van der Waals surface area contributed by atoms with E-state index in [0.29, 0.717) is 6.54 Å². The summed E-state index contributed by atoms with van der Waals surface area (Å²) in [7, 11) is 0. The molecule has 1 N–H and O–H groups in total. The summed E-state index contributed by atoms with van der Waals surface area (Å²) in [6, 6.07) is 8.37. The van der Waals surface area contributed by atoms with E-state index in [2.05, 4.69) is 36.5 Å². The molecule has 1 rings (SSSR count). The molecule has 17 heavy (non-hydrogen) atoms. The first-order valence-corrected chi connectivity index (χ1v) is 5.95. The van der Waals surface area contributed by atoms with Crippen LogP contribution in [0, 0.1) is 0 Å². The lowest BCUT2D eigenvalue weighted by Gasteiger charge is -2.05. The lowest BCUT2D eigenvalue weighted by atomic mass is 10.1. The van der Waals surface area contributed by atoms with Crippen molar-refractivity contribution in [2.45, 2.75) is 33.1 Å². The standard InChI is InChI=1S/C14H19NO2/c1-3-12-4-6-13(7-5-12)8-9-15-14(17)10-11(2)16/h4-7H,3,8-10H2,1-2H3,(H,15,17). The summed E-state index contributed by atoms with van der Waals surface area (Å²) >= 11 is 0. The molecule has 0 saturated carbocycles. The van der Waals surface area contributed by atoms with Crippen molar-refractivity contribution in [1.82, 2.24) is 5.32 Å². The molecule has 1 amide bonds. The Morgan fingerprint density at radius 1 is 1.12 bits per heavy atom. The number of hydrogen-bond acceptors (Lipinski definition) is 2. The molecule has 3 heteroatoms. The molecule has 0 spiro atoms. The zero-order chi connectivity index (χ0) is 12.7. The minimum Gasteiger partial charge on any atom is -0.355 e. The third kappa shape index (κ3) is 5.29. The fraction of sp³-hybridized carbons (Fsp3) is 0.429. The number of Topliss-reactive ketones (excluding diaryl/α,β-unsaturated/α-hetero) is 1. The average Bonchev–Trinajstić information content (AvgIpc) is 2.29. The first kappa shape index (κ1) is 13.4. The highest BCUT2D eigenvalue weighted by molar-refractivity contribution is 5.96. The Kier molecular flexibility index (Phi) is 5.40. The number of carbonyl (C=O) groups excluding carboxylic acids is 2. The molecule has 0 heterocycles. The number of aryl methyl sites for hydroxylation is 1. The van der Waals surface area contributed by atoms with Gasteiger partial charge in [0.15, 0.2) is 0 Å².